The first-order valence-electron chi connectivity index (χ1n) is 9.53. The standard InChI is InChI=1S/C22H25FN4O2/c1-3-24-22(26-14-16-5-4-6-20(13-16)28-2)25-12-11-19-15-29-21(27-19)17-7-9-18(23)10-8-17/h4-10,13,15H,3,11-12,14H2,1-2H3,(H2,24,25,26). The van der Waals surface area contributed by atoms with E-state index >= 15 is 0 Å². The zero-order valence-electron chi connectivity index (χ0n) is 16.6. The van der Waals surface area contributed by atoms with Crippen molar-refractivity contribution in [2.75, 3.05) is 20.2 Å². The highest BCUT2D eigenvalue weighted by atomic mass is 19.1. The molecule has 0 aliphatic carbocycles. The summed E-state index contributed by atoms with van der Waals surface area (Å²) in [6, 6.07) is 13.9. The van der Waals surface area contributed by atoms with E-state index in [1.807, 2.05) is 31.2 Å². The zero-order valence-corrected chi connectivity index (χ0v) is 16.6. The first kappa shape index (κ1) is 20.4. The molecule has 0 fully saturated rings. The van der Waals surface area contributed by atoms with Crippen molar-refractivity contribution in [2.24, 2.45) is 4.99 Å². The minimum absolute atomic E-state index is 0.283. The molecule has 2 N–H and O–H groups in total. The molecule has 0 atom stereocenters. The fourth-order valence-corrected chi connectivity index (χ4v) is 2.74. The monoisotopic (exact) mass is 396 g/mol. The maximum atomic E-state index is 13.0. The van der Waals surface area contributed by atoms with E-state index in [1.54, 1.807) is 25.5 Å². The van der Waals surface area contributed by atoms with Gasteiger partial charge in [-0.3, -0.25) is 0 Å². The molecule has 0 spiro atoms. The van der Waals surface area contributed by atoms with E-state index in [9.17, 15) is 4.39 Å². The summed E-state index contributed by atoms with van der Waals surface area (Å²) in [7, 11) is 1.65. The van der Waals surface area contributed by atoms with Gasteiger partial charge in [0.15, 0.2) is 5.96 Å². The fraction of sp³-hybridized carbons (Fsp3) is 0.273. The second kappa shape index (κ2) is 10.3. The zero-order chi connectivity index (χ0) is 20.5. The molecule has 0 saturated heterocycles. The molecule has 7 heteroatoms. The molecule has 29 heavy (non-hydrogen) atoms. The lowest BCUT2D eigenvalue weighted by molar-refractivity contribution is 0.414. The Bertz CT molecular complexity index is 938. The number of hydrogen-bond acceptors (Lipinski definition) is 4. The Morgan fingerprint density at radius 3 is 2.76 bits per heavy atom. The molecule has 0 bridgehead atoms. The van der Waals surface area contributed by atoms with Crippen molar-refractivity contribution in [2.45, 2.75) is 19.9 Å². The fourth-order valence-electron chi connectivity index (χ4n) is 2.74. The summed E-state index contributed by atoms with van der Waals surface area (Å²) >= 11 is 0. The van der Waals surface area contributed by atoms with Crippen LogP contribution in [0, 0.1) is 5.82 Å². The molecule has 0 aliphatic heterocycles. The van der Waals surface area contributed by atoms with Crippen LogP contribution in [0.3, 0.4) is 0 Å². The number of nitrogens with one attached hydrogen (secondary N) is 2. The number of benzene rings is 2. The summed E-state index contributed by atoms with van der Waals surface area (Å²) in [6.07, 6.45) is 2.30. The van der Waals surface area contributed by atoms with Gasteiger partial charge >= 0.3 is 0 Å². The van der Waals surface area contributed by atoms with Gasteiger partial charge in [-0.15, -0.1) is 0 Å². The van der Waals surface area contributed by atoms with E-state index in [-0.39, 0.29) is 5.82 Å². The number of methoxy groups -OCH3 is 1. The Morgan fingerprint density at radius 1 is 1.17 bits per heavy atom. The molecule has 1 heterocycles. The number of oxazole rings is 1. The Kier molecular flexibility index (Phi) is 7.22. The third-order valence-corrected chi connectivity index (χ3v) is 4.21. The maximum Gasteiger partial charge on any atom is 0.226 e. The van der Waals surface area contributed by atoms with Gasteiger partial charge in [0.05, 0.1) is 19.3 Å². The van der Waals surface area contributed by atoms with Gasteiger partial charge in [-0.25, -0.2) is 14.4 Å². The molecular formula is C22H25FN4O2. The number of ether oxygens (including phenoxy) is 1. The molecule has 3 aromatic rings. The molecule has 0 aliphatic rings. The van der Waals surface area contributed by atoms with Gasteiger partial charge in [-0.2, -0.15) is 0 Å². The van der Waals surface area contributed by atoms with Crippen molar-refractivity contribution in [3.63, 3.8) is 0 Å². The van der Waals surface area contributed by atoms with Crippen molar-refractivity contribution in [1.29, 1.82) is 0 Å². The van der Waals surface area contributed by atoms with Crippen LogP contribution in [0.5, 0.6) is 5.75 Å². The highest BCUT2D eigenvalue weighted by molar-refractivity contribution is 5.79. The van der Waals surface area contributed by atoms with Gasteiger partial charge in [-0.05, 0) is 48.9 Å². The summed E-state index contributed by atoms with van der Waals surface area (Å²) < 4.78 is 23.8. The van der Waals surface area contributed by atoms with E-state index < -0.39 is 0 Å². The topological polar surface area (TPSA) is 71.7 Å². The summed E-state index contributed by atoms with van der Waals surface area (Å²) in [5.41, 5.74) is 2.64. The molecule has 0 radical (unpaired) electrons. The molecule has 0 unspecified atom stereocenters. The minimum atomic E-state index is -0.283. The van der Waals surface area contributed by atoms with E-state index in [2.05, 4.69) is 20.6 Å². The largest absolute Gasteiger partial charge is 0.497 e. The van der Waals surface area contributed by atoms with Crippen LogP contribution in [-0.2, 0) is 13.0 Å². The third-order valence-electron chi connectivity index (χ3n) is 4.21. The van der Waals surface area contributed by atoms with Crippen LogP contribution >= 0.6 is 0 Å². The quantitative estimate of drug-likeness (QED) is 0.448. The van der Waals surface area contributed by atoms with Crippen molar-refractivity contribution in [3.8, 4) is 17.2 Å². The second-order valence-corrected chi connectivity index (χ2v) is 6.37. The van der Waals surface area contributed by atoms with Crippen LogP contribution in [0.15, 0.2) is 64.2 Å². The molecule has 6 nitrogen and oxygen atoms in total. The van der Waals surface area contributed by atoms with E-state index in [0.717, 1.165) is 35.1 Å². The SMILES string of the molecule is CCNC(=NCc1cccc(OC)c1)NCCc1coc(-c2ccc(F)cc2)n1. The smallest absolute Gasteiger partial charge is 0.226 e. The lowest BCUT2D eigenvalue weighted by atomic mass is 10.2. The average molecular weight is 396 g/mol. The van der Waals surface area contributed by atoms with Crippen molar-refractivity contribution < 1.29 is 13.5 Å². The molecule has 0 saturated carbocycles. The van der Waals surface area contributed by atoms with E-state index in [0.29, 0.717) is 25.4 Å². The molecule has 1 aromatic heterocycles. The lowest BCUT2D eigenvalue weighted by Gasteiger charge is -2.10. The lowest BCUT2D eigenvalue weighted by Crippen LogP contribution is -2.38. The van der Waals surface area contributed by atoms with Crippen LogP contribution < -0.4 is 15.4 Å². The average Bonchev–Trinajstić information content (AvgIpc) is 3.21. The summed E-state index contributed by atoms with van der Waals surface area (Å²) in [5, 5.41) is 6.53. The number of aromatic nitrogens is 1. The maximum absolute atomic E-state index is 13.0. The predicted octanol–water partition coefficient (Wildman–Crippen LogP) is 3.79. The van der Waals surface area contributed by atoms with Crippen molar-refractivity contribution in [3.05, 3.63) is 71.9 Å². The van der Waals surface area contributed by atoms with Crippen molar-refractivity contribution >= 4 is 5.96 Å². The molecule has 152 valence electrons. The Morgan fingerprint density at radius 2 is 2.00 bits per heavy atom. The van der Waals surface area contributed by atoms with E-state index in [1.165, 1.54) is 12.1 Å². The number of hydrogen-bond donors (Lipinski definition) is 2. The molecule has 3 rings (SSSR count). The number of nitrogens with zero attached hydrogens (tertiary/aromatic N) is 2. The molecule has 0 amide bonds. The first-order valence-corrected chi connectivity index (χ1v) is 9.53. The first-order chi connectivity index (χ1) is 14.2. The number of guanidine groups is 1. The highest BCUT2D eigenvalue weighted by Crippen LogP contribution is 2.19. The summed E-state index contributed by atoms with van der Waals surface area (Å²) in [4.78, 5) is 9.07. The second-order valence-electron chi connectivity index (χ2n) is 6.37. The summed E-state index contributed by atoms with van der Waals surface area (Å²) in [5.74, 6) is 1.75. The van der Waals surface area contributed by atoms with Crippen LogP contribution in [0.2, 0.25) is 0 Å². The Labute approximate surface area is 169 Å². The highest BCUT2D eigenvalue weighted by Gasteiger charge is 2.07. The minimum Gasteiger partial charge on any atom is -0.497 e. The Balaban J connectivity index is 1.54. The number of halogens is 1. The van der Waals surface area contributed by atoms with Gasteiger partial charge in [0.25, 0.3) is 0 Å². The molecular weight excluding hydrogens is 371 g/mol. The Hall–Kier alpha value is -3.35. The summed E-state index contributed by atoms with van der Waals surface area (Å²) in [6.45, 7) is 3.99. The van der Waals surface area contributed by atoms with Crippen LogP contribution in [0.1, 0.15) is 18.2 Å². The van der Waals surface area contributed by atoms with Gasteiger partial charge in [0.1, 0.15) is 17.8 Å². The van der Waals surface area contributed by atoms with E-state index in [4.69, 9.17) is 9.15 Å². The van der Waals surface area contributed by atoms with Gasteiger partial charge in [0.2, 0.25) is 5.89 Å². The number of aliphatic imine (C=N–C) groups is 1. The van der Waals surface area contributed by atoms with Gasteiger partial charge in [0, 0.05) is 25.1 Å². The van der Waals surface area contributed by atoms with Gasteiger partial charge < -0.3 is 19.8 Å². The van der Waals surface area contributed by atoms with Gasteiger partial charge in [-0.1, -0.05) is 12.1 Å². The predicted molar refractivity (Wildman–Crippen MR) is 111 cm³/mol. The normalized spacial score (nSPS) is 11.3. The number of rotatable bonds is 8. The van der Waals surface area contributed by atoms with Crippen molar-refractivity contribution in [1.82, 2.24) is 15.6 Å². The van der Waals surface area contributed by atoms with Crippen LogP contribution in [0.4, 0.5) is 4.39 Å². The molecule has 2 aromatic carbocycles. The third kappa shape index (κ3) is 6.07. The van der Waals surface area contributed by atoms with Crippen LogP contribution in [0.25, 0.3) is 11.5 Å². The van der Waals surface area contributed by atoms with Crippen LogP contribution in [-0.4, -0.2) is 31.1 Å².